The van der Waals surface area contributed by atoms with Crippen molar-refractivity contribution in [1.29, 1.82) is 0 Å². The van der Waals surface area contributed by atoms with Crippen LogP contribution in [0.25, 0.3) is 0 Å². The smallest absolute Gasteiger partial charge is 0.0431 e. The molecule has 0 aromatic carbocycles. The second kappa shape index (κ2) is 49.5. The van der Waals surface area contributed by atoms with Crippen LogP contribution in [0.3, 0.4) is 0 Å². The Morgan fingerprint density at radius 1 is 0.417 bits per heavy atom. The first kappa shape index (κ1) is 39.7. The molecule has 0 atom stereocenters. The van der Waals surface area contributed by atoms with Crippen molar-refractivity contribution >= 4 is 0 Å². The molecule has 0 fully saturated rings. The fourth-order valence-electron chi connectivity index (χ4n) is 1.62. The molecule has 152 valence electrons. The Morgan fingerprint density at radius 3 is 0.750 bits per heavy atom. The molecule has 0 saturated carbocycles. The summed E-state index contributed by atoms with van der Waals surface area (Å²) in [4.78, 5) is 0. The summed E-state index contributed by atoms with van der Waals surface area (Å²) in [6, 6.07) is 0. The minimum absolute atomic E-state index is 0. The van der Waals surface area contributed by atoms with E-state index in [0.717, 1.165) is 19.3 Å². The maximum Gasteiger partial charge on any atom is 0.0431 e. The Labute approximate surface area is 170 Å². The summed E-state index contributed by atoms with van der Waals surface area (Å²) < 4.78 is 0. The van der Waals surface area contributed by atoms with E-state index in [1.54, 1.807) is 0 Å². The summed E-state index contributed by atoms with van der Waals surface area (Å²) in [5.74, 6) is 0. The predicted molar refractivity (Wildman–Crippen MR) is 101 cm³/mol. The molecule has 0 aromatic heterocycles. The Hall–Kier alpha value is 0.683. The zero-order valence-corrected chi connectivity index (χ0v) is 18.9. The third kappa shape index (κ3) is 66.3. The topological polar surface area (TPSA) is 124 Å². The molecule has 0 bridgehead atoms. The molecular formula is C18H46O5Zr. The predicted octanol–water partition coefficient (Wildman–Crippen LogP) is 3.03. The first-order valence-corrected chi connectivity index (χ1v) is 9.07. The summed E-state index contributed by atoms with van der Waals surface area (Å²) >= 11 is 0. The molecule has 0 unspecified atom stereocenters. The number of aliphatic hydroxyl groups is 3. The molecule has 0 rings (SSSR count). The van der Waals surface area contributed by atoms with Crippen molar-refractivity contribution in [2.24, 2.45) is 0 Å². The molecule has 0 spiro atoms. The van der Waals surface area contributed by atoms with Crippen molar-refractivity contribution in [2.75, 3.05) is 19.8 Å². The minimum atomic E-state index is 0. The van der Waals surface area contributed by atoms with E-state index in [4.69, 9.17) is 15.3 Å². The largest absolute Gasteiger partial charge is 0.412 e. The molecular weight excluding hydrogens is 387 g/mol. The van der Waals surface area contributed by atoms with Crippen molar-refractivity contribution in [2.45, 2.75) is 97.8 Å². The number of hydrogen-bond acceptors (Lipinski definition) is 3. The van der Waals surface area contributed by atoms with Crippen LogP contribution in [0.2, 0.25) is 0 Å². The van der Waals surface area contributed by atoms with Gasteiger partial charge in [-0.3, -0.25) is 0 Å². The van der Waals surface area contributed by atoms with Crippen LogP contribution in [-0.2, 0) is 26.2 Å². The molecule has 24 heavy (non-hydrogen) atoms. The fourth-order valence-corrected chi connectivity index (χ4v) is 1.62. The van der Waals surface area contributed by atoms with Crippen LogP contribution in [0.5, 0.6) is 0 Å². The molecule has 0 aromatic rings. The quantitative estimate of drug-likeness (QED) is 0.410. The van der Waals surface area contributed by atoms with Crippen LogP contribution in [0.1, 0.15) is 97.8 Å². The average molecular weight is 434 g/mol. The third-order valence-corrected chi connectivity index (χ3v) is 3.04. The normalized spacial score (nSPS) is 8.25. The van der Waals surface area contributed by atoms with Gasteiger partial charge in [-0.25, -0.2) is 0 Å². The second-order valence-electron chi connectivity index (χ2n) is 5.35. The van der Waals surface area contributed by atoms with Gasteiger partial charge in [0.2, 0.25) is 0 Å². The maximum absolute atomic E-state index is 8.29. The van der Waals surface area contributed by atoms with Crippen LogP contribution in [-0.4, -0.2) is 46.1 Å². The van der Waals surface area contributed by atoms with E-state index < -0.39 is 0 Å². The Balaban J connectivity index is -0.0000000476. The van der Waals surface area contributed by atoms with Gasteiger partial charge < -0.3 is 26.3 Å². The molecule has 0 aliphatic heterocycles. The molecule has 6 heteroatoms. The van der Waals surface area contributed by atoms with Gasteiger partial charge in [-0.05, 0) is 19.3 Å². The molecule has 5 nitrogen and oxygen atoms in total. The van der Waals surface area contributed by atoms with Gasteiger partial charge in [0.05, 0.1) is 0 Å². The van der Waals surface area contributed by atoms with Gasteiger partial charge >= 0.3 is 0 Å². The molecule has 0 heterocycles. The van der Waals surface area contributed by atoms with Gasteiger partial charge in [0.15, 0.2) is 0 Å². The van der Waals surface area contributed by atoms with Crippen molar-refractivity contribution in [1.82, 2.24) is 0 Å². The first-order valence-electron chi connectivity index (χ1n) is 9.07. The number of unbranched alkanes of at least 4 members (excludes halogenated alkanes) is 9. The average Bonchev–Trinajstić information content (AvgIpc) is 2.50. The Kier molecular flexibility index (Phi) is 81.9. The van der Waals surface area contributed by atoms with E-state index >= 15 is 0 Å². The van der Waals surface area contributed by atoms with Gasteiger partial charge in [0, 0.05) is 46.0 Å². The molecule has 0 amide bonds. The zero-order valence-electron chi connectivity index (χ0n) is 16.4. The van der Waals surface area contributed by atoms with E-state index in [1.807, 2.05) is 0 Å². The van der Waals surface area contributed by atoms with Crippen LogP contribution in [0.15, 0.2) is 0 Å². The molecule has 0 saturated heterocycles. The Bertz CT molecular complexity index is 105. The summed E-state index contributed by atoms with van der Waals surface area (Å²) in [7, 11) is 0. The summed E-state index contributed by atoms with van der Waals surface area (Å²) in [6.45, 7) is 7.58. The van der Waals surface area contributed by atoms with E-state index in [2.05, 4.69) is 20.8 Å². The molecule has 0 radical (unpaired) electrons. The van der Waals surface area contributed by atoms with Crippen molar-refractivity contribution in [3.8, 4) is 0 Å². The van der Waals surface area contributed by atoms with Crippen LogP contribution < -0.4 is 0 Å². The summed E-state index contributed by atoms with van der Waals surface area (Å²) in [5, 5.41) is 24.9. The molecule has 0 aliphatic carbocycles. The standard InChI is InChI=1S/3C6H14O.2H2O.Zr/c3*1-2-3-4-5-6-7;;;/h3*7H,2-6H2,1H3;2*1H2;. The van der Waals surface area contributed by atoms with Crippen molar-refractivity contribution in [3.05, 3.63) is 0 Å². The minimum Gasteiger partial charge on any atom is -0.412 e. The fraction of sp³-hybridized carbons (Fsp3) is 1.00. The van der Waals surface area contributed by atoms with Gasteiger partial charge in [-0.15, -0.1) is 0 Å². The monoisotopic (exact) mass is 432 g/mol. The van der Waals surface area contributed by atoms with E-state index in [1.165, 1.54) is 57.8 Å². The third-order valence-electron chi connectivity index (χ3n) is 3.04. The van der Waals surface area contributed by atoms with Crippen molar-refractivity contribution in [3.63, 3.8) is 0 Å². The van der Waals surface area contributed by atoms with Gasteiger partial charge in [0.1, 0.15) is 0 Å². The van der Waals surface area contributed by atoms with E-state index in [0.29, 0.717) is 19.8 Å². The Morgan fingerprint density at radius 2 is 0.625 bits per heavy atom. The van der Waals surface area contributed by atoms with E-state index in [9.17, 15) is 0 Å². The van der Waals surface area contributed by atoms with Gasteiger partial charge in [-0.1, -0.05) is 78.6 Å². The number of hydrogen-bond donors (Lipinski definition) is 3. The molecule has 7 N–H and O–H groups in total. The van der Waals surface area contributed by atoms with Gasteiger partial charge in [-0.2, -0.15) is 0 Å². The number of aliphatic hydroxyl groups excluding tert-OH is 3. The van der Waals surface area contributed by atoms with Crippen LogP contribution in [0.4, 0.5) is 0 Å². The SMILES string of the molecule is CCCCCCO.CCCCCCO.CCCCCCO.O.O.[Zr]. The summed E-state index contributed by atoms with van der Waals surface area (Å²) in [6.07, 6.45) is 14.0. The maximum atomic E-state index is 8.29. The van der Waals surface area contributed by atoms with Crippen LogP contribution in [0, 0.1) is 0 Å². The van der Waals surface area contributed by atoms with E-state index in [-0.39, 0.29) is 37.2 Å². The van der Waals surface area contributed by atoms with Crippen molar-refractivity contribution < 1.29 is 52.5 Å². The summed E-state index contributed by atoms with van der Waals surface area (Å²) in [5.41, 5.74) is 0. The van der Waals surface area contributed by atoms with Crippen LogP contribution >= 0.6 is 0 Å². The molecule has 0 aliphatic rings. The first-order chi connectivity index (χ1) is 10.2. The second-order valence-corrected chi connectivity index (χ2v) is 5.35. The zero-order chi connectivity index (χ0) is 16.6. The van der Waals surface area contributed by atoms with Gasteiger partial charge in [0.25, 0.3) is 0 Å². The number of rotatable bonds is 12.